The monoisotopic (exact) mass is 370 g/mol. The molecule has 0 saturated carbocycles. The second kappa shape index (κ2) is 7.63. The Morgan fingerprint density at radius 2 is 1.58 bits per heavy atom. The maximum Gasteiger partial charge on any atom is 0.331 e. The van der Waals surface area contributed by atoms with Gasteiger partial charge in [-0.05, 0) is 41.5 Å². The van der Waals surface area contributed by atoms with E-state index in [4.69, 9.17) is 9.47 Å². The van der Waals surface area contributed by atoms with Crippen LogP contribution in [0.4, 0.5) is 4.79 Å². The minimum atomic E-state index is -1.03. The number of hydrogen-bond acceptors (Lipinski definition) is 6. The van der Waals surface area contributed by atoms with Crippen molar-refractivity contribution in [3.05, 3.63) is 0 Å². The number of ether oxygens (including phenoxy) is 2. The van der Waals surface area contributed by atoms with Crippen molar-refractivity contribution in [1.82, 2.24) is 9.80 Å². The zero-order valence-corrected chi connectivity index (χ0v) is 16.9. The molecule has 0 aliphatic carbocycles. The number of hydrogen-bond donors (Lipinski definition) is 0. The summed E-state index contributed by atoms with van der Waals surface area (Å²) >= 11 is 0. The summed E-state index contributed by atoms with van der Waals surface area (Å²) in [5.74, 6) is -2.58. The van der Waals surface area contributed by atoms with E-state index in [2.05, 4.69) is 0 Å². The standard InChI is InChI=1S/C18H30N2O6/c1-11(9-13(21)25-17(2,3)4)14(22)20-12(10-19(8)16(20)24)15(23)26-18(5,6)7/h11-12H,9-10H2,1-8H3/t11-,12+/m1/s1. The van der Waals surface area contributed by atoms with Crippen LogP contribution in [0.25, 0.3) is 0 Å². The summed E-state index contributed by atoms with van der Waals surface area (Å²) in [6, 6.07) is -1.61. The molecule has 26 heavy (non-hydrogen) atoms. The predicted molar refractivity (Wildman–Crippen MR) is 94.1 cm³/mol. The molecule has 1 saturated heterocycles. The number of imide groups is 1. The summed E-state index contributed by atoms with van der Waals surface area (Å²) in [6.45, 7) is 11.9. The second-order valence-electron chi connectivity index (χ2n) is 8.61. The Morgan fingerprint density at radius 1 is 1.08 bits per heavy atom. The Morgan fingerprint density at radius 3 is 2.04 bits per heavy atom. The lowest BCUT2D eigenvalue weighted by Crippen LogP contribution is -2.48. The highest BCUT2D eigenvalue weighted by Crippen LogP contribution is 2.23. The van der Waals surface area contributed by atoms with E-state index < -0.39 is 47.0 Å². The van der Waals surface area contributed by atoms with Gasteiger partial charge in [0.15, 0.2) is 6.04 Å². The van der Waals surface area contributed by atoms with E-state index in [-0.39, 0.29) is 13.0 Å². The van der Waals surface area contributed by atoms with Crippen LogP contribution in [0, 0.1) is 5.92 Å². The molecule has 8 nitrogen and oxygen atoms in total. The molecule has 0 radical (unpaired) electrons. The molecule has 0 N–H and O–H groups in total. The van der Waals surface area contributed by atoms with Crippen molar-refractivity contribution < 1.29 is 28.7 Å². The Hall–Kier alpha value is -2.12. The maximum atomic E-state index is 12.7. The van der Waals surface area contributed by atoms with Gasteiger partial charge >= 0.3 is 18.0 Å². The van der Waals surface area contributed by atoms with E-state index in [0.717, 1.165) is 4.90 Å². The average molecular weight is 370 g/mol. The summed E-state index contributed by atoms with van der Waals surface area (Å²) in [5, 5.41) is 0. The molecular weight excluding hydrogens is 340 g/mol. The highest BCUT2D eigenvalue weighted by Gasteiger charge is 2.46. The number of rotatable bonds is 4. The van der Waals surface area contributed by atoms with Gasteiger partial charge in [0, 0.05) is 13.0 Å². The highest BCUT2D eigenvalue weighted by atomic mass is 16.6. The highest BCUT2D eigenvalue weighted by molar-refractivity contribution is 6.02. The van der Waals surface area contributed by atoms with E-state index in [1.54, 1.807) is 41.5 Å². The fourth-order valence-electron chi connectivity index (χ4n) is 2.49. The van der Waals surface area contributed by atoms with Crippen molar-refractivity contribution in [2.24, 2.45) is 5.92 Å². The van der Waals surface area contributed by atoms with Crippen molar-refractivity contribution in [3.63, 3.8) is 0 Å². The van der Waals surface area contributed by atoms with Crippen LogP contribution < -0.4 is 0 Å². The molecule has 1 fully saturated rings. The largest absolute Gasteiger partial charge is 0.460 e. The van der Waals surface area contributed by atoms with Gasteiger partial charge in [0.05, 0.1) is 13.0 Å². The van der Waals surface area contributed by atoms with Crippen LogP contribution in [0.5, 0.6) is 0 Å². The van der Waals surface area contributed by atoms with Gasteiger partial charge in [0.25, 0.3) is 0 Å². The third-order valence-corrected chi connectivity index (χ3v) is 3.52. The topological polar surface area (TPSA) is 93.2 Å². The van der Waals surface area contributed by atoms with Gasteiger partial charge in [0.1, 0.15) is 11.2 Å². The number of urea groups is 1. The zero-order chi connectivity index (χ0) is 20.4. The van der Waals surface area contributed by atoms with Gasteiger partial charge < -0.3 is 14.4 Å². The fourth-order valence-corrected chi connectivity index (χ4v) is 2.49. The molecule has 0 spiro atoms. The minimum Gasteiger partial charge on any atom is -0.460 e. The average Bonchev–Trinajstić information content (AvgIpc) is 2.70. The van der Waals surface area contributed by atoms with Gasteiger partial charge in [-0.1, -0.05) is 6.92 Å². The van der Waals surface area contributed by atoms with Gasteiger partial charge in [-0.2, -0.15) is 0 Å². The molecule has 0 aromatic heterocycles. The molecule has 1 aliphatic rings. The summed E-state index contributed by atoms with van der Waals surface area (Å²) in [4.78, 5) is 51.6. The van der Waals surface area contributed by atoms with E-state index >= 15 is 0 Å². The van der Waals surface area contributed by atoms with Gasteiger partial charge in [-0.15, -0.1) is 0 Å². The van der Waals surface area contributed by atoms with Gasteiger partial charge in [0.2, 0.25) is 5.91 Å². The summed E-state index contributed by atoms with van der Waals surface area (Å²) in [7, 11) is 1.51. The van der Waals surface area contributed by atoms with Crippen LogP contribution in [0.3, 0.4) is 0 Å². The van der Waals surface area contributed by atoms with Crippen LogP contribution in [0.2, 0.25) is 0 Å². The molecule has 3 amide bonds. The van der Waals surface area contributed by atoms with Crippen molar-refractivity contribution in [1.29, 1.82) is 0 Å². The summed E-state index contributed by atoms with van der Waals surface area (Å²) in [5.41, 5.74) is -1.40. The van der Waals surface area contributed by atoms with E-state index in [1.807, 2.05) is 0 Å². The van der Waals surface area contributed by atoms with Crippen LogP contribution in [-0.4, -0.2) is 64.5 Å². The van der Waals surface area contributed by atoms with E-state index in [0.29, 0.717) is 0 Å². The third kappa shape index (κ3) is 6.00. The van der Waals surface area contributed by atoms with Crippen molar-refractivity contribution in [3.8, 4) is 0 Å². The van der Waals surface area contributed by atoms with Crippen LogP contribution in [-0.2, 0) is 23.9 Å². The zero-order valence-electron chi connectivity index (χ0n) is 16.9. The molecule has 0 aromatic rings. The number of esters is 2. The molecular formula is C18H30N2O6. The van der Waals surface area contributed by atoms with Gasteiger partial charge in [-0.25, -0.2) is 14.5 Å². The van der Waals surface area contributed by atoms with Crippen molar-refractivity contribution in [2.75, 3.05) is 13.6 Å². The number of nitrogens with zero attached hydrogens (tertiary/aromatic N) is 2. The smallest absolute Gasteiger partial charge is 0.331 e. The summed E-state index contributed by atoms with van der Waals surface area (Å²) < 4.78 is 10.5. The third-order valence-electron chi connectivity index (χ3n) is 3.52. The first-order valence-corrected chi connectivity index (χ1v) is 8.65. The quantitative estimate of drug-likeness (QED) is 0.702. The molecule has 0 unspecified atom stereocenters. The Labute approximate surface area is 154 Å². The number of likely N-dealkylation sites (N-methyl/N-ethyl adjacent to an activating group) is 1. The Kier molecular flexibility index (Phi) is 6.44. The molecule has 0 aromatic carbocycles. The van der Waals surface area contributed by atoms with Crippen molar-refractivity contribution >= 4 is 23.9 Å². The van der Waals surface area contributed by atoms with Crippen LogP contribution in [0.1, 0.15) is 54.9 Å². The lowest BCUT2D eigenvalue weighted by atomic mass is 10.1. The van der Waals surface area contributed by atoms with E-state index in [1.165, 1.54) is 18.9 Å². The summed E-state index contributed by atoms with van der Waals surface area (Å²) in [6.07, 6.45) is -0.176. The molecule has 1 aliphatic heterocycles. The first-order chi connectivity index (χ1) is 11.6. The molecule has 1 heterocycles. The second-order valence-corrected chi connectivity index (χ2v) is 8.61. The first-order valence-electron chi connectivity index (χ1n) is 8.65. The SMILES string of the molecule is C[C@H](CC(=O)OC(C)(C)C)C(=O)N1C(=O)N(C)C[C@H]1C(=O)OC(C)(C)C. The van der Waals surface area contributed by atoms with Crippen LogP contribution >= 0.6 is 0 Å². The maximum absolute atomic E-state index is 12.7. The minimum absolute atomic E-state index is 0.0542. The molecule has 0 bridgehead atoms. The normalized spacial score (nSPS) is 19.4. The fraction of sp³-hybridized carbons (Fsp3) is 0.778. The Bertz CT molecular complexity index is 587. The first kappa shape index (κ1) is 21.9. The lowest BCUT2D eigenvalue weighted by Gasteiger charge is -2.27. The Balaban J connectivity index is 2.90. The molecule has 8 heteroatoms. The van der Waals surface area contributed by atoms with Crippen molar-refractivity contribution in [2.45, 2.75) is 72.1 Å². The number of carbonyl (C=O) groups excluding carboxylic acids is 4. The molecule has 148 valence electrons. The number of carbonyl (C=O) groups is 4. The predicted octanol–water partition coefficient (Wildman–Crippen LogP) is 1.96. The molecule has 1 rings (SSSR count). The van der Waals surface area contributed by atoms with Crippen LogP contribution in [0.15, 0.2) is 0 Å². The lowest BCUT2D eigenvalue weighted by molar-refractivity contribution is -0.162. The van der Waals surface area contributed by atoms with E-state index in [9.17, 15) is 19.2 Å². The molecule has 2 atom stereocenters. The van der Waals surface area contributed by atoms with Gasteiger partial charge in [-0.3, -0.25) is 9.59 Å². The number of amides is 3.